The van der Waals surface area contributed by atoms with Crippen molar-refractivity contribution in [2.75, 3.05) is 0 Å². The van der Waals surface area contributed by atoms with Crippen LogP contribution in [0.1, 0.15) is 18.4 Å². The fourth-order valence-corrected chi connectivity index (χ4v) is 1.94. The molecule has 84 valence electrons. The zero-order chi connectivity index (χ0) is 11.3. The molecular weight excluding hydrogens is 212 g/mol. The summed E-state index contributed by atoms with van der Waals surface area (Å²) >= 11 is 0. The van der Waals surface area contributed by atoms with Crippen LogP contribution in [0.3, 0.4) is 0 Å². The van der Waals surface area contributed by atoms with Gasteiger partial charge in [-0.1, -0.05) is 0 Å². The van der Waals surface area contributed by atoms with E-state index in [1.54, 1.807) is 0 Å². The number of benzene rings is 1. The lowest BCUT2D eigenvalue weighted by Gasteiger charge is -2.10. The van der Waals surface area contributed by atoms with Gasteiger partial charge in [-0.05, 0) is 25.3 Å². The van der Waals surface area contributed by atoms with Crippen molar-refractivity contribution in [2.24, 2.45) is 5.73 Å². The zero-order valence-corrected chi connectivity index (χ0v) is 8.59. The molecule has 3 rings (SSSR count). The summed E-state index contributed by atoms with van der Waals surface area (Å²) in [6.07, 6.45) is 3.27. The van der Waals surface area contributed by atoms with Gasteiger partial charge >= 0.3 is 0 Å². The van der Waals surface area contributed by atoms with Crippen LogP contribution >= 0.6 is 0 Å². The van der Waals surface area contributed by atoms with Crippen LogP contribution in [0.25, 0.3) is 11.0 Å². The molecule has 0 aliphatic heterocycles. The van der Waals surface area contributed by atoms with Crippen LogP contribution in [0.4, 0.5) is 8.78 Å². The van der Waals surface area contributed by atoms with Crippen molar-refractivity contribution in [3.63, 3.8) is 0 Å². The maximum absolute atomic E-state index is 14.0. The SMILES string of the molecule is NC1(Cc2c(F)cc3occc3c2F)CC1. The van der Waals surface area contributed by atoms with E-state index in [1.165, 1.54) is 18.4 Å². The Labute approximate surface area is 91.0 Å². The first-order valence-corrected chi connectivity index (χ1v) is 5.22. The summed E-state index contributed by atoms with van der Waals surface area (Å²) < 4.78 is 32.6. The van der Waals surface area contributed by atoms with Crippen molar-refractivity contribution in [2.45, 2.75) is 24.8 Å². The van der Waals surface area contributed by atoms with Crippen LogP contribution in [0.5, 0.6) is 0 Å². The lowest BCUT2D eigenvalue weighted by molar-refractivity contribution is 0.533. The minimum Gasteiger partial charge on any atom is -0.464 e. The molecule has 0 atom stereocenters. The number of hydrogen-bond acceptors (Lipinski definition) is 2. The number of fused-ring (bicyclic) bond motifs is 1. The first-order chi connectivity index (χ1) is 7.59. The molecule has 1 saturated carbocycles. The zero-order valence-electron chi connectivity index (χ0n) is 8.59. The van der Waals surface area contributed by atoms with Crippen LogP contribution in [0.15, 0.2) is 22.8 Å². The van der Waals surface area contributed by atoms with E-state index >= 15 is 0 Å². The molecule has 16 heavy (non-hydrogen) atoms. The highest BCUT2D eigenvalue weighted by atomic mass is 19.1. The van der Waals surface area contributed by atoms with Gasteiger partial charge in [0.25, 0.3) is 0 Å². The van der Waals surface area contributed by atoms with Gasteiger partial charge in [-0.3, -0.25) is 0 Å². The Balaban J connectivity index is 2.14. The topological polar surface area (TPSA) is 39.2 Å². The molecule has 1 aliphatic carbocycles. The first kappa shape index (κ1) is 9.78. The highest BCUT2D eigenvalue weighted by Crippen LogP contribution is 2.38. The molecule has 4 heteroatoms. The number of furan rings is 1. The molecule has 1 fully saturated rings. The predicted molar refractivity (Wildman–Crippen MR) is 56.0 cm³/mol. The second kappa shape index (κ2) is 3.04. The van der Waals surface area contributed by atoms with Crippen LogP contribution in [-0.4, -0.2) is 5.54 Å². The van der Waals surface area contributed by atoms with Crippen molar-refractivity contribution in [1.29, 1.82) is 0 Å². The van der Waals surface area contributed by atoms with E-state index in [4.69, 9.17) is 10.2 Å². The van der Waals surface area contributed by atoms with Gasteiger partial charge in [0, 0.05) is 17.2 Å². The van der Waals surface area contributed by atoms with Crippen LogP contribution < -0.4 is 5.73 Å². The Morgan fingerprint density at radius 2 is 2.12 bits per heavy atom. The van der Waals surface area contributed by atoms with Crippen molar-refractivity contribution in [3.05, 3.63) is 35.6 Å². The molecule has 0 unspecified atom stereocenters. The Kier molecular flexibility index (Phi) is 1.86. The van der Waals surface area contributed by atoms with E-state index < -0.39 is 17.2 Å². The molecule has 0 bridgehead atoms. The monoisotopic (exact) mass is 223 g/mol. The average Bonchev–Trinajstić information content (AvgIpc) is 2.77. The molecule has 1 heterocycles. The molecule has 0 saturated heterocycles. The third kappa shape index (κ3) is 1.41. The number of hydrogen-bond donors (Lipinski definition) is 1. The molecular formula is C12H11F2NO. The summed E-state index contributed by atoms with van der Waals surface area (Å²) in [5.41, 5.74) is 5.79. The molecule has 1 aromatic heterocycles. The summed E-state index contributed by atoms with van der Waals surface area (Å²) in [6.45, 7) is 0. The Morgan fingerprint density at radius 3 is 2.81 bits per heavy atom. The second-order valence-electron chi connectivity index (χ2n) is 4.52. The third-order valence-corrected chi connectivity index (χ3v) is 3.16. The highest BCUT2D eigenvalue weighted by molar-refractivity contribution is 5.78. The van der Waals surface area contributed by atoms with Crippen LogP contribution in [0.2, 0.25) is 0 Å². The van der Waals surface area contributed by atoms with Gasteiger partial charge in [0.05, 0.1) is 11.6 Å². The largest absolute Gasteiger partial charge is 0.464 e. The normalized spacial score (nSPS) is 17.9. The molecule has 2 nitrogen and oxygen atoms in total. The maximum Gasteiger partial charge on any atom is 0.140 e. The molecule has 2 aromatic rings. The molecule has 2 N–H and O–H groups in total. The summed E-state index contributed by atoms with van der Waals surface area (Å²) in [4.78, 5) is 0. The first-order valence-electron chi connectivity index (χ1n) is 5.22. The van der Waals surface area contributed by atoms with E-state index in [0.717, 1.165) is 12.8 Å². The van der Waals surface area contributed by atoms with Crippen molar-refractivity contribution in [3.8, 4) is 0 Å². The highest BCUT2D eigenvalue weighted by Gasteiger charge is 2.39. The Bertz CT molecular complexity index is 557. The van der Waals surface area contributed by atoms with Crippen molar-refractivity contribution < 1.29 is 13.2 Å². The number of halogens is 2. The summed E-state index contributed by atoms with van der Waals surface area (Å²) in [5, 5.41) is 0.320. The molecule has 0 radical (unpaired) electrons. The quantitative estimate of drug-likeness (QED) is 0.850. The average molecular weight is 223 g/mol. The van der Waals surface area contributed by atoms with E-state index in [1.807, 2.05) is 0 Å². The predicted octanol–water partition coefficient (Wildman–Crippen LogP) is 2.74. The van der Waals surface area contributed by atoms with E-state index in [9.17, 15) is 8.78 Å². The molecule has 1 aliphatic rings. The smallest absolute Gasteiger partial charge is 0.140 e. The van der Waals surface area contributed by atoms with Crippen molar-refractivity contribution in [1.82, 2.24) is 0 Å². The molecule has 0 amide bonds. The molecule has 1 aromatic carbocycles. The summed E-state index contributed by atoms with van der Waals surface area (Å²) in [6, 6.07) is 2.73. The van der Waals surface area contributed by atoms with Gasteiger partial charge < -0.3 is 10.2 Å². The maximum atomic E-state index is 14.0. The lowest BCUT2D eigenvalue weighted by atomic mass is 10.0. The lowest BCUT2D eigenvalue weighted by Crippen LogP contribution is -2.25. The second-order valence-corrected chi connectivity index (χ2v) is 4.52. The fourth-order valence-electron chi connectivity index (χ4n) is 1.94. The van der Waals surface area contributed by atoms with Gasteiger partial charge in [0.1, 0.15) is 17.2 Å². The van der Waals surface area contributed by atoms with Gasteiger partial charge in [0.2, 0.25) is 0 Å². The third-order valence-electron chi connectivity index (χ3n) is 3.16. The minimum atomic E-state index is -0.573. The standard InChI is InChI=1S/C12H11F2NO/c13-9-5-10-7(1-4-16-10)11(14)8(9)6-12(15)2-3-12/h1,4-5H,2-3,6,15H2. The van der Waals surface area contributed by atoms with E-state index in [-0.39, 0.29) is 17.6 Å². The molecule has 0 spiro atoms. The van der Waals surface area contributed by atoms with E-state index in [2.05, 4.69) is 0 Å². The summed E-state index contributed by atoms with van der Waals surface area (Å²) in [5.74, 6) is -1.11. The van der Waals surface area contributed by atoms with Gasteiger partial charge in [-0.15, -0.1) is 0 Å². The van der Waals surface area contributed by atoms with Crippen molar-refractivity contribution >= 4 is 11.0 Å². The number of nitrogens with two attached hydrogens (primary N) is 1. The fraction of sp³-hybridized carbons (Fsp3) is 0.333. The van der Waals surface area contributed by atoms with E-state index in [0.29, 0.717) is 5.39 Å². The van der Waals surface area contributed by atoms with Gasteiger partial charge in [-0.25, -0.2) is 8.78 Å². The van der Waals surface area contributed by atoms with Gasteiger partial charge in [-0.2, -0.15) is 0 Å². The summed E-state index contributed by atoms with van der Waals surface area (Å²) in [7, 11) is 0. The van der Waals surface area contributed by atoms with Gasteiger partial charge in [0.15, 0.2) is 0 Å². The minimum absolute atomic E-state index is 0.0777. The Hall–Kier alpha value is -1.42. The Morgan fingerprint density at radius 1 is 1.38 bits per heavy atom. The van der Waals surface area contributed by atoms with Crippen LogP contribution in [-0.2, 0) is 6.42 Å². The van der Waals surface area contributed by atoms with Crippen LogP contribution in [0, 0.1) is 11.6 Å². The number of rotatable bonds is 2.